The number of primary amides is 1. The number of rotatable bonds is 6. The molecule has 0 aromatic carbocycles. The van der Waals surface area contributed by atoms with Gasteiger partial charge in [0.05, 0.1) is 0 Å². The molecule has 21 heavy (non-hydrogen) atoms. The van der Waals surface area contributed by atoms with Gasteiger partial charge in [0.2, 0.25) is 5.91 Å². The normalized spacial score (nSPS) is 33.6. The van der Waals surface area contributed by atoms with Crippen molar-refractivity contribution in [1.29, 1.82) is 0 Å². The standard InChI is InChI=1S/C16H28N4O/c17-15(21)16(12-3-4-12,18-13-5-6-13)11-19-8-9-20-7-1-2-14(20)10-19/h12-14,18H,1-11H2,(H2,17,21). The molecule has 0 aromatic rings. The number of nitrogens with one attached hydrogen (secondary N) is 1. The second kappa shape index (κ2) is 5.21. The van der Waals surface area contributed by atoms with Crippen molar-refractivity contribution in [3.05, 3.63) is 0 Å². The van der Waals surface area contributed by atoms with Crippen molar-refractivity contribution in [1.82, 2.24) is 15.1 Å². The minimum Gasteiger partial charge on any atom is -0.368 e. The molecular weight excluding hydrogens is 264 g/mol. The Bertz CT molecular complexity index is 421. The molecule has 0 spiro atoms. The Hall–Kier alpha value is -0.650. The second-order valence-corrected chi connectivity index (χ2v) is 7.60. The maximum atomic E-state index is 12.3. The first-order valence-corrected chi connectivity index (χ1v) is 8.71. The lowest BCUT2D eigenvalue weighted by atomic mass is 9.90. The van der Waals surface area contributed by atoms with Crippen molar-refractivity contribution in [3.8, 4) is 0 Å². The molecule has 2 aliphatic heterocycles. The molecule has 0 radical (unpaired) electrons. The molecule has 0 bridgehead atoms. The third kappa shape index (κ3) is 2.71. The van der Waals surface area contributed by atoms with Gasteiger partial charge in [-0.3, -0.25) is 19.9 Å². The van der Waals surface area contributed by atoms with E-state index in [9.17, 15) is 4.79 Å². The van der Waals surface area contributed by atoms with Crippen LogP contribution in [-0.4, -0.2) is 66.1 Å². The Morgan fingerprint density at radius 1 is 1.14 bits per heavy atom. The van der Waals surface area contributed by atoms with Crippen LogP contribution < -0.4 is 11.1 Å². The molecule has 5 nitrogen and oxygen atoms in total. The predicted molar refractivity (Wildman–Crippen MR) is 81.8 cm³/mol. The van der Waals surface area contributed by atoms with Crippen molar-refractivity contribution < 1.29 is 4.79 Å². The first kappa shape index (κ1) is 14.0. The topological polar surface area (TPSA) is 61.6 Å². The van der Waals surface area contributed by atoms with E-state index in [1.807, 2.05) is 0 Å². The molecular formula is C16H28N4O. The van der Waals surface area contributed by atoms with Gasteiger partial charge in [0.25, 0.3) is 0 Å². The van der Waals surface area contributed by atoms with Crippen LogP contribution in [0.1, 0.15) is 38.5 Å². The summed E-state index contributed by atoms with van der Waals surface area (Å²) in [4.78, 5) is 17.4. The number of carbonyl (C=O) groups is 1. The summed E-state index contributed by atoms with van der Waals surface area (Å²) in [7, 11) is 0. The van der Waals surface area contributed by atoms with E-state index in [1.165, 1.54) is 32.2 Å². The molecule has 2 saturated heterocycles. The van der Waals surface area contributed by atoms with Gasteiger partial charge in [-0.2, -0.15) is 0 Å². The third-order valence-electron chi connectivity index (χ3n) is 5.90. The fourth-order valence-electron chi connectivity index (χ4n) is 4.36. The predicted octanol–water partition coefficient (Wildman–Crippen LogP) is 0.153. The maximum Gasteiger partial charge on any atom is 0.239 e. The van der Waals surface area contributed by atoms with Crippen LogP contribution in [0.25, 0.3) is 0 Å². The van der Waals surface area contributed by atoms with Gasteiger partial charge in [-0.05, 0) is 51.0 Å². The molecule has 4 aliphatic rings. The summed E-state index contributed by atoms with van der Waals surface area (Å²) < 4.78 is 0. The first-order chi connectivity index (χ1) is 10.2. The highest BCUT2D eigenvalue weighted by Crippen LogP contribution is 2.42. The lowest BCUT2D eigenvalue weighted by Gasteiger charge is -2.43. The van der Waals surface area contributed by atoms with Crippen LogP contribution in [0.2, 0.25) is 0 Å². The monoisotopic (exact) mass is 292 g/mol. The minimum atomic E-state index is -0.456. The van der Waals surface area contributed by atoms with E-state index in [-0.39, 0.29) is 5.91 Å². The SMILES string of the molecule is NC(=O)C(CN1CCN2CCCC2C1)(NC1CC1)C1CC1. The van der Waals surface area contributed by atoms with E-state index in [4.69, 9.17) is 5.73 Å². The number of amides is 1. The lowest BCUT2D eigenvalue weighted by molar-refractivity contribution is -0.126. The van der Waals surface area contributed by atoms with Crippen molar-refractivity contribution in [2.75, 3.05) is 32.7 Å². The van der Waals surface area contributed by atoms with E-state index in [1.54, 1.807) is 0 Å². The van der Waals surface area contributed by atoms with E-state index in [0.29, 0.717) is 18.0 Å². The van der Waals surface area contributed by atoms with Gasteiger partial charge in [0.1, 0.15) is 5.54 Å². The Labute approximate surface area is 127 Å². The van der Waals surface area contributed by atoms with Gasteiger partial charge in [0.15, 0.2) is 0 Å². The van der Waals surface area contributed by atoms with E-state index >= 15 is 0 Å². The third-order valence-corrected chi connectivity index (χ3v) is 5.90. The summed E-state index contributed by atoms with van der Waals surface area (Å²) in [5, 5.41) is 3.64. The molecule has 4 fully saturated rings. The first-order valence-electron chi connectivity index (χ1n) is 8.71. The molecule has 4 rings (SSSR count). The van der Waals surface area contributed by atoms with Gasteiger partial charge in [-0.1, -0.05) is 0 Å². The van der Waals surface area contributed by atoms with Gasteiger partial charge >= 0.3 is 0 Å². The molecule has 2 unspecified atom stereocenters. The molecule has 2 saturated carbocycles. The highest BCUT2D eigenvalue weighted by atomic mass is 16.1. The zero-order valence-electron chi connectivity index (χ0n) is 12.9. The number of piperazine rings is 1. The van der Waals surface area contributed by atoms with Crippen LogP contribution in [0.3, 0.4) is 0 Å². The largest absolute Gasteiger partial charge is 0.368 e. The number of fused-ring (bicyclic) bond motifs is 1. The average Bonchev–Trinajstić information content (AvgIpc) is 3.36. The number of hydrogen-bond acceptors (Lipinski definition) is 4. The molecule has 5 heteroatoms. The van der Waals surface area contributed by atoms with Gasteiger partial charge < -0.3 is 5.73 Å². The molecule has 3 N–H and O–H groups in total. The van der Waals surface area contributed by atoms with Gasteiger partial charge in [-0.25, -0.2) is 0 Å². The van der Waals surface area contributed by atoms with Gasteiger partial charge in [0, 0.05) is 38.3 Å². The number of carbonyl (C=O) groups excluding carboxylic acids is 1. The van der Waals surface area contributed by atoms with Crippen LogP contribution >= 0.6 is 0 Å². The second-order valence-electron chi connectivity index (χ2n) is 7.60. The zero-order chi connectivity index (χ0) is 14.4. The average molecular weight is 292 g/mol. The fourth-order valence-corrected chi connectivity index (χ4v) is 4.36. The summed E-state index contributed by atoms with van der Waals surface area (Å²) in [6, 6.07) is 1.25. The van der Waals surface area contributed by atoms with Crippen LogP contribution in [-0.2, 0) is 4.79 Å². The highest BCUT2D eigenvalue weighted by molar-refractivity contribution is 5.86. The summed E-state index contributed by atoms with van der Waals surface area (Å²) in [6.07, 6.45) is 7.39. The van der Waals surface area contributed by atoms with Crippen LogP contribution in [0.5, 0.6) is 0 Å². The Kier molecular flexibility index (Phi) is 3.47. The molecule has 2 atom stereocenters. The number of hydrogen-bond donors (Lipinski definition) is 2. The molecule has 118 valence electrons. The van der Waals surface area contributed by atoms with Crippen molar-refractivity contribution in [3.63, 3.8) is 0 Å². The molecule has 2 aliphatic carbocycles. The summed E-state index contributed by atoms with van der Waals surface area (Å²) in [6.45, 7) is 5.46. The smallest absolute Gasteiger partial charge is 0.239 e. The van der Waals surface area contributed by atoms with Crippen LogP contribution in [0.15, 0.2) is 0 Å². The van der Waals surface area contributed by atoms with Crippen LogP contribution in [0.4, 0.5) is 0 Å². The Balaban J connectivity index is 1.47. The van der Waals surface area contributed by atoms with Crippen molar-refractivity contribution in [2.45, 2.75) is 56.1 Å². The van der Waals surface area contributed by atoms with Crippen molar-refractivity contribution in [2.24, 2.45) is 11.7 Å². The highest BCUT2D eigenvalue weighted by Gasteiger charge is 2.53. The fraction of sp³-hybridized carbons (Fsp3) is 0.938. The number of nitrogens with two attached hydrogens (primary N) is 1. The molecule has 2 heterocycles. The zero-order valence-corrected chi connectivity index (χ0v) is 12.9. The quantitative estimate of drug-likeness (QED) is 0.732. The molecule has 0 aromatic heterocycles. The molecule has 1 amide bonds. The minimum absolute atomic E-state index is 0.120. The van der Waals surface area contributed by atoms with Crippen molar-refractivity contribution >= 4 is 5.91 Å². The van der Waals surface area contributed by atoms with Crippen LogP contribution in [0, 0.1) is 5.92 Å². The Morgan fingerprint density at radius 2 is 1.95 bits per heavy atom. The summed E-state index contributed by atoms with van der Waals surface area (Å²) >= 11 is 0. The van der Waals surface area contributed by atoms with E-state index in [0.717, 1.165) is 39.0 Å². The Morgan fingerprint density at radius 3 is 2.62 bits per heavy atom. The van der Waals surface area contributed by atoms with E-state index < -0.39 is 5.54 Å². The van der Waals surface area contributed by atoms with E-state index in [2.05, 4.69) is 15.1 Å². The van der Waals surface area contributed by atoms with Gasteiger partial charge in [-0.15, -0.1) is 0 Å². The summed E-state index contributed by atoms with van der Waals surface area (Å²) in [5.74, 6) is 0.350. The maximum absolute atomic E-state index is 12.3. The number of nitrogens with zero attached hydrogens (tertiary/aromatic N) is 2. The lowest BCUT2D eigenvalue weighted by Crippen LogP contribution is -2.65. The summed E-state index contributed by atoms with van der Waals surface area (Å²) in [5.41, 5.74) is 5.42.